The van der Waals surface area contributed by atoms with Crippen molar-refractivity contribution in [2.75, 3.05) is 11.9 Å². The fraction of sp³-hybridized carbons (Fsp3) is 0.100. The van der Waals surface area contributed by atoms with E-state index < -0.39 is 0 Å². The Morgan fingerprint density at radius 3 is 2.67 bits per heavy atom. The fourth-order valence-electron chi connectivity index (χ4n) is 2.40. The Morgan fingerprint density at radius 1 is 1.15 bits per heavy atom. The number of aromatic nitrogens is 2. The van der Waals surface area contributed by atoms with Crippen LogP contribution >= 0.6 is 11.3 Å². The highest BCUT2D eigenvalue weighted by Gasteiger charge is 2.19. The van der Waals surface area contributed by atoms with Crippen LogP contribution in [0.5, 0.6) is 0 Å². The standard InChI is InChI=1S/C20H16N4O2S/c1-3-11-22-18(25)14-8-4-5-9-15(14)24-19(26)17-13(2)23-20(27-17)16-10-6-7-12-21-16/h1,4-10,12H,11H2,2H3,(H,22,25)(H,24,26). The van der Waals surface area contributed by atoms with Crippen molar-refractivity contribution < 1.29 is 9.59 Å². The number of thiazole rings is 1. The highest BCUT2D eigenvalue weighted by atomic mass is 32.1. The predicted molar refractivity (Wildman–Crippen MR) is 106 cm³/mol. The van der Waals surface area contributed by atoms with Crippen molar-refractivity contribution in [1.82, 2.24) is 15.3 Å². The molecule has 0 fully saturated rings. The van der Waals surface area contributed by atoms with Gasteiger partial charge in [0.2, 0.25) is 0 Å². The average Bonchev–Trinajstić information content (AvgIpc) is 3.09. The minimum atomic E-state index is -0.348. The summed E-state index contributed by atoms with van der Waals surface area (Å²) in [6.07, 6.45) is 6.85. The molecule has 0 atom stereocenters. The summed E-state index contributed by atoms with van der Waals surface area (Å²) >= 11 is 1.26. The Hall–Kier alpha value is -3.50. The Balaban J connectivity index is 1.84. The van der Waals surface area contributed by atoms with Gasteiger partial charge in [0.15, 0.2) is 0 Å². The van der Waals surface area contributed by atoms with Crippen molar-refractivity contribution in [1.29, 1.82) is 0 Å². The van der Waals surface area contributed by atoms with Crippen LogP contribution in [-0.4, -0.2) is 28.3 Å². The van der Waals surface area contributed by atoms with Gasteiger partial charge in [0.05, 0.1) is 29.2 Å². The van der Waals surface area contributed by atoms with E-state index >= 15 is 0 Å². The number of hydrogen-bond donors (Lipinski definition) is 2. The van der Waals surface area contributed by atoms with E-state index in [9.17, 15) is 9.59 Å². The van der Waals surface area contributed by atoms with Crippen LogP contribution in [0.1, 0.15) is 25.7 Å². The van der Waals surface area contributed by atoms with E-state index in [-0.39, 0.29) is 18.4 Å². The first kappa shape index (κ1) is 18.3. The van der Waals surface area contributed by atoms with Gasteiger partial charge in [0.1, 0.15) is 9.88 Å². The third-order valence-electron chi connectivity index (χ3n) is 3.66. The second-order valence-electron chi connectivity index (χ2n) is 5.54. The lowest BCUT2D eigenvalue weighted by Gasteiger charge is -2.10. The summed E-state index contributed by atoms with van der Waals surface area (Å²) in [5, 5.41) is 6.05. The number of carbonyl (C=O) groups excluding carboxylic acids is 2. The maximum atomic E-state index is 12.7. The minimum Gasteiger partial charge on any atom is -0.341 e. The average molecular weight is 376 g/mol. The topological polar surface area (TPSA) is 84.0 Å². The third kappa shape index (κ3) is 4.19. The van der Waals surface area contributed by atoms with E-state index in [2.05, 4.69) is 26.5 Å². The lowest BCUT2D eigenvalue weighted by molar-refractivity contribution is 0.0959. The first-order chi connectivity index (χ1) is 13.1. The van der Waals surface area contributed by atoms with Crippen LogP contribution in [0.3, 0.4) is 0 Å². The Bertz CT molecular complexity index is 1020. The molecule has 0 bridgehead atoms. The van der Waals surface area contributed by atoms with Crippen molar-refractivity contribution in [3.05, 3.63) is 64.8 Å². The Morgan fingerprint density at radius 2 is 1.93 bits per heavy atom. The van der Waals surface area contributed by atoms with Gasteiger partial charge in [0.25, 0.3) is 11.8 Å². The summed E-state index contributed by atoms with van der Waals surface area (Å²) in [6.45, 7) is 1.88. The van der Waals surface area contributed by atoms with Crippen molar-refractivity contribution in [2.45, 2.75) is 6.92 Å². The molecule has 7 heteroatoms. The first-order valence-electron chi connectivity index (χ1n) is 8.11. The molecule has 0 spiro atoms. The molecule has 0 aliphatic heterocycles. The number of para-hydroxylation sites is 1. The van der Waals surface area contributed by atoms with Crippen molar-refractivity contribution in [3.8, 4) is 23.0 Å². The SMILES string of the molecule is C#CCNC(=O)c1ccccc1NC(=O)c1sc(-c2ccccn2)nc1C. The molecule has 134 valence electrons. The summed E-state index contributed by atoms with van der Waals surface area (Å²) in [4.78, 5) is 34.1. The number of rotatable bonds is 5. The van der Waals surface area contributed by atoms with Crippen LogP contribution < -0.4 is 10.6 Å². The van der Waals surface area contributed by atoms with E-state index in [1.165, 1.54) is 11.3 Å². The van der Waals surface area contributed by atoms with Gasteiger partial charge in [0, 0.05) is 6.20 Å². The minimum absolute atomic E-state index is 0.114. The molecule has 3 rings (SSSR count). The molecule has 0 radical (unpaired) electrons. The molecular formula is C20H16N4O2S. The van der Waals surface area contributed by atoms with Gasteiger partial charge < -0.3 is 10.6 Å². The number of terminal acetylenes is 1. The zero-order valence-electron chi connectivity index (χ0n) is 14.5. The molecule has 2 heterocycles. The quantitative estimate of drug-likeness (QED) is 0.670. The van der Waals surface area contributed by atoms with Crippen molar-refractivity contribution in [2.24, 2.45) is 0 Å². The van der Waals surface area contributed by atoms with Crippen LogP contribution in [-0.2, 0) is 0 Å². The van der Waals surface area contributed by atoms with Gasteiger partial charge in [-0.3, -0.25) is 14.6 Å². The van der Waals surface area contributed by atoms with E-state index in [1.54, 1.807) is 37.4 Å². The van der Waals surface area contributed by atoms with Gasteiger partial charge in [-0.2, -0.15) is 0 Å². The lowest BCUT2D eigenvalue weighted by Crippen LogP contribution is -2.25. The second-order valence-corrected chi connectivity index (χ2v) is 6.53. The number of amides is 2. The zero-order valence-corrected chi connectivity index (χ0v) is 15.3. The first-order valence-corrected chi connectivity index (χ1v) is 8.92. The molecule has 2 amide bonds. The summed E-state index contributed by atoms with van der Waals surface area (Å²) < 4.78 is 0. The third-order valence-corrected chi connectivity index (χ3v) is 4.84. The number of carbonyl (C=O) groups is 2. The lowest BCUT2D eigenvalue weighted by atomic mass is 10.1. The normalized spacial score (nSPS) is 10.1. The number of hydrogen-bond acceptors (Lipinski definition) is 5. The van der Waals surface area contributed by atoms with Crippen molar-refractivity contribution >= 4 is 28.8 Å². The number of aryl methyl sites for hydroxylation is 1. The van der Waals surface area contributed by atoms with Gasteiger partial charge in [-0.05, 0) is 31.2 Å². The Kier molecular flexibility index (Phi) is 5.59. The van der Waals surface area contributed by atoms with E-state index in [1.807, 2.05) is 18.2 Å². The fourth-order valence-corrected chi connectivity index (χ4v) is 3.34. The molecule has 2 aromatic heterocycles. The molecule has 3 aromatic rings. The molecular weight excluding hydrogens is 360 g/mol. The van der Waals surface area contributed by atoms with Crippen LogP contribution in [0, 0.1) is 19.3 Å². The van der Waals surface area contributed by atoms with Crippen LogP contribution in [0.25, 0.3) is 10.7 Å². The molecule has 6 nitrogen and oxygen atoms in total. The van der Waals surface area contributed by atoms with Gasteiger partial charge in [-0.25, -0.2) is 4.98 Å². The van der Waals surface area contributed by atoms with E-state index in [0.717, 1.165) is 0 Å². The van der Waals surface area contributed by atoms with Crippen LogP contribution in [0.15, 0.2) is 48.7 Å². The molecule has 1 aromatic carbocycles. The monoisotopic (exact) mass is 376 g/mol. The number of benzene rings is 1. The maximum absolute atomic E-state index is 12.7. The second kappa shape index (κ2) is 8.25. The molecule has 27 heavy (non-hydrogen) atoms. The zero-order chi connectivity index (χ0) is 19.2. The largest absolute Gasteiger partial charge is 0.341 e. The molecule has 0 aliphatic rings. The van der Waals surface area contributed by atoms with Gasteiger partial charge in [-0.15, -0.1) is 17.8 Å². The van der Waals surface area contributed by atoms with Crippen LogP contribution in [0.4, 0.5) is 5.69 Å². The summed E-state index contributed by atoms with van der Waals surface area (Å²) in [5.41, 5.74) is 2.06. The predicted octanol–water partition coefficient (Wildman–Crippen LogP) is 3.13. The highest BCUT2D eigenvalue weighted by molar-refractivity contribution is 7.17. The molecule has 0 aliphatic carbocycles. The van der Waals surface area contributed by atoms with Crippen molar-refractivity contribution in [3.63, 3.8) is 0 Å². The highest BCUT2D eigenvalue weighted by Crippen LogP contribution is 2.27. The number of pyridine rings is 1. The summed E-state index contributed by atoms with van der Waals surface area (Å²) in [5.74, 6) is 1.67. The Labute approximate surface area is 160 Å². The molecule has 0 unspecified atom stereocenters. The number of anilines is 1. The smallest absolute Gasteiger partial charge is 0.267 e. The molecule has 0 saturated carbocycles. The van der Waals surface area contributed by atoms with Gasteiger partial charge in [-0.1, -0.05) is 24.1 Å². The molecule has 2 N–H and O–H groups in total. The summed E-state index contributed by atoms with van der Waals surface area (Å²) in [7, 11) is 0. The van der Waals surface area contributed by atoms with Crippen LogP contribution in [0.2, 0.25) is 0 Å². The number of nitrogens with one attached hydrogen (secondary N) is 2. The van der Waals surface area contributed by atoms with Gasteiger partial charge >= 0.3 is 0 Å². The van der Waals surface area contributed by atoms with E-state index in [4.69, 9.17) is 6.42 Å². The maximum Gasteiger partial charge on any atom is 0.267 e. The molecule has 0 saturated heterocycles. The number of nitrogens with zero attached hydrogens (tertiary/aromatic N) is 2. The summed E-state index contributed by atoms with van der Waals surface area (Å²) in [6, 6.07) is 12.3. The van der Waals surface area contributed by atoms with E-state index in [0.29, 0.717) is 32.5 Å².